The van der Waals surface area contributed by atoms with Gasteiger partial charge in [0.1, 0.15) is 0 Å². The number of piperidine rings is 1. The summed E-state index contributed by atoms with van der Waals surface area (Å²) in [4.78, 5) is 25.5. The van der Waals surface area contributed by atoms with Gasteiger partial charge in [-0.3, -0.25) is 14.5 Å². The van der Waals surface area contributed by atoms with E-state index in [1.165, 1.54) is 6.92 Å². The van der Waals surface area contributed by atoms with E-state index < -0.39 is 0 Å². The number of nitrogens with zero attached hydrogens (tertiary/aromatic N) is 1. The van der Waals surface area contributed by atoms with Crippen LogP contribution in [0.1, 0.15) is 26.2 Å². The first-order chi connectivity index (χ1) is 12.5. The van der Waals surface area contributed by atoms with Crippen LogP contribution in [-0.2, 0) is 19.1 Å². The van der Waals surface area contributed by atoms with Crippen molar-refractivity contribution in [1.82, 2.24) is 4.90 Å². The zero-order valence-corrected chi connectivity index (χ0v) is 15.4. The van der Waals surface area contributed by atoms with Gasteiger partial charge in [0.25, 0.3) is 0 Å². The van der Waals surface area contributed by atoms with Crippen molar-refractivity contribution in [3.8, 4) is 0 Å². The third kappa shape index (κ3) is 4.41. The van der Waals surface area contributed by atoms with E-state index in [1.54, 1.807) is 31.4 Å². The fraction of sp³-hybridized carbons (Fsp3) is 0.579. The van der Waals surface area contributed by atoms with Gasteiger partial charge >= 0.3 is 0 Å². The zero-order chi connectivity index (χ0) is 18.6. The van der Waals surface area contributed by atoms with Gasteiger partial charge in [-0.15, -0.1) is 0 Å². The number of methoxy groups -OCH3 is 1. The molecule has 0 aliphatic carbocycles. The van der Waals surface area contributed by atoms with E-state index in [1.807, 2.05) is 0 Å². The number of anilines is 2. The van der Waals surface area contributed by atoms with Crippen molar-refractivity contribution in [2.45, 2.75) is 37.9 Å². The minimum absolute atomic E-state index is 0.00323. The number of carbonyl (C=O) groups is 2. The molecule has 1 spiro atoms. The molecule has 2 amide bonds. The molecule has 2 aliphatic heterocycles. The van der Waals surface area contributed by atoms with Gasteiger partial charge < -0.3 is 20.1 Å². The Balaban J connectivity index is 1.51. The summed E-state index contributed by atoms with van der Waals surface area (Å²) in [5.74, 6) is -0.181. The van der Waals surface area contributed by atoms with Gasteiger partial charge in [-0.1, -0.05) is 0 Å². The van der Waals surface area contributed by atoms with E-state index in [-0.39, 0.29) is 23.5 Å². The minimum atomic E-state index is -0.165. The number of hydrogen-bond acceptors (Lipinski definition) is 5. The topological polar surface area (TPSA) is 79.9 Å². The van der Waals surface area contributed by atoms with Crippen LogP contribution < -0.4 is 10.6 Å². The Bertz CT molecular complexity index is 641. The summed E-state index contributed by atoms with van der Waals surface area (Å²) >= 11 is 0. The van der Waals surface area contributed by atoms with Crippen LogP contribution in [0.15, 0.2) is 24.3 Å². The third-order valence-electron chi connectivity index (χ3n) is 5.14. The second kappa shape index (κ2) is 8.16. The van der Waals surface area contributed by atoms with Gasteiger partial charge in [0.15, 0.2) is 0 Å². The molecule has 0 bridgehead atoms. The Labute approximate surface area is 154 Å². The van der Waals surface area contributed by atoms with E-state index >= 15 is 0 Å². The molecule has 3 rings (SSSR count). The first-order valence-corrected chi connectivity index (χ1v) is 9.07. The summed E-state index contributed by atoms with van der Waals surface area (Å²) in [6.07, 6.45) is 3.01. The molecule has 7 nitrogen and oxygen atoms in total. The van der Waals surface area contributed by atoms with Crippen molar-refractivity contribution >= 4 is 23.2 Å². The van der Waals surface area contributed by atoms with E-state index in [0.717, 1.165) is 32.4 Å². The Morgan fingerprint density at radius 2 is 1.92 bits per heavy atom. The summed E-state index contributed by atoms with van der Waals surface area (Å²) in [6.45, 7) is 4.11. The molecule has 2 fully saturated rings. The zero-order valence-electron chi connectivity index (χ0n) is 15.4. The highest BCUT2D eigenvalue weighted by molar-refractivity contribution is 5.93. The molecule has 0 radical (unpaired) electrons. The highest BCUT2D eigenvalue weighted by Gasteiger charge is 2.46. The molecule has 2 unspecified atom stereocenters. The number of rotatable bonds is 5. The fourth-order valence-electron chi connectivity index (χ4n) is 3.85. The summed E-state index contributed by atoms with van der Waals surface area (Å²) in [5.41, 5.74) is 1.25. The highest BCUT2D eigenvalue weighted by Crippen LogP contribution is 2.37. The molecule has 0 aromatic heterocycles. The van der Waals surface area contributed by atoms with Crippen molar-refractivity contribution < 1.29 is 19.1 Å². The largest absolute Gasteiger partial charge is 0.377 e. The van der Waals surface area contributed by atoms with Crippen LogP contribution in [0.4, 0.5) is 11.4 Å². The Kier molecular flexibility index (Phi) is 5.90. The van der Waals surface area contributed by atoms with Crippen LogP contribution in [0.5, 0.6) is 0 Å². The van der Waals surface area contributed by atoms with Crippen molar-refractivity contribution in [2.75, 3.05) is 44.0 Å². The van der Waals surface area contributed by atoms with E-state index in [0.29, 0.717) is 24.5 Å². The van der Waals surface area contributed by atoms with E-state index in [9.17, 15) is 9.59 Å². The van der Waals surface area contributed by atoms with Gasteiger partial charge in [-0.25, -0.2) is 0 Å². The van der Waals surface area contributed by atoms with Crippen LogP contribution in [0.2, 0.25) is 0 Å². The van der Waals surface area contributed by atoms with E-state index in [2.05, 4.69) is 15.5 Å². The number of nitrogens with one attached hydrogen (secondary N) is 2. The SMILES string of the molecule is COC1CN(CC(=O)Nc2ccc(NC(C)=O)cc2)CCC12CCCO2. The first kappa shape index (κ1) is 18.8. The van der Waals surface area contributed by atoms with Crippen molar-refractivity contribution in [3.63, 3.8) is 0 Å². The lowest BCUT2D eigenvalue weighted by Crippen LogP contribution is -2.57. The first-order valence-electron chi connectivity index (χ1n) is 9.07. The van der Waals surface area contributed by atoms with Crippen LogP contribution >= 0.6 is 0 Å². The molecule has 2 heterocycles. The lowest BCUT2D eigenvalue weighted by atomic mass is 9.86. The maximum Gasteiger partial charge on any atom is 0.238 e. The van der Waals surface area contributed by atoms with Crippen molar-refractivity contribution in [3.05, 3.63) is 24.3 Å². The molecule has 2 N–H and O–H groups in total. The van der Waals surface area contributed by atoms with Crippen LogP contribution in [0.3, 0.4) is 0 Å². The van der Waals surface area contributed by atoms with Gasteiger partial charge in [0, 0.05) is 45.1 Å². The summed E-state index contributed by atoms with van der Waals surface area (Å²) in [6, 6.07) is 7.08. The van der Waals surface area contributed by atoms with Crippen LogP contribution in [-0.4, -0.2) is 61.8 Å². The maximum atomic E-state index is 12.4. The van der Waals surface area contributed by atoms with Crippen molar-refractivity contribution in [2.24, 2.45) is 0 Å². The molecule has 7 heteroatoms. The van der Waals surface area contributed by atoms with Crippen LogP contribution in [0.25, 0.3) is 0 Å². The molecule has 2 atom stereocenters. The van der Waals surface area contributed by atoms with E-state index in [4.69, 9.17) is 9.47 Å². The predicted octanol–water partition coefficient (Wildman–Crippen LogP) is 1.85. The number of likely N-dealkylation sites (tertiary alicyclic amines) is 1. The van der Waals surface area contributed by atoms with Crippen LogP contribution in [0, 0.1) is 0 Å². The molecule has 1 aromatic rings. The van der Waals surface area contributed by atoms with Gasteiger partial charge in [-0.05, 0) is 43.5 Å². The maximum absolute atomic E-state index is 12.4. The standard InChI is InChI=1S/C19H27N3O4/c1-14(23)20-15-4-6-16(7-5-15)21-18(24)13-22-10-9-19(8-3-11-26-19)17(12-22)25-2/h4-7,17H,3,8-13H2,1-2H3,(H,20,23)(H,21,24). The molecule has 0 saturated carbocycles. The monoisotopic (exact) mass is 361 g/mol. The second-order valence-corrected chi connectivity index (χ2v) is 7.03. The predicted molar refractivity (Wildman–Crippen MR) is 99.1 cm³/mol. The molecule has 142 valence electrons. The Hall–Kier alpha value is -1.96. The number of hydrogen-bond donors (Lipinski definition) is 2. The lowest BCUT2D eigenvalue weighted by molar-refractivity contribution is -0.145. The quantitative estimate of drug-likeness (QED) is 0.837. The molecule has 2 aliphatic rings. The molecule has 26 heavy (non-hydrogen) atoms. The highest BCUT2D eigenvalue weighted by atomic mass is 16.5. The Morgan fingerprint density at radius 3 is 2.50 bits per heavy atom. The second-order valence-electron chi connectivity index (χ2n) is 7.03. The molecular weight excluding hydrogens is 334 g/mol. The lowest BCUT2D eigenvalue weighted by Gasteiger charge is -2.44. The fourth-order valence-corrected chi connectivity index (χ4v) is 3.85. The molecule has 1 aromatic carbocycles. The minimum Gasteiger partial charge on any atom is -0.377 e. The average molecular weight is 361 g/mol. The average Bonchev–Trinajstić information content (AvgIpc) is 3.07. The van der Waals surface area contributed by atoms with Gasteiger partial charge in [0.05, 0.1) is 18.2 Å². The van der Waals surface area contributed by atoms with Gasteiger partial charge in [-0.2, -0.15) is 0 Å². The van der Waals surface area contributed by atoms with Gasteiger partial charge in [0.2, 0.25) is 11.8 Å². The number of benzene rings is 1. The summed E-state index contributed by atoms with van der Waals surface area (Å²) < 4.78 is 11.7. The number of carbonyl (C=O) groups excluding carboxylic acids is 2. The molecule has 2 saturated heterocycles. The normalized spacial score (nSPS) is 26.0. The molecular formula is C19H27N3O4. The van der Waals surface area contributed by atoms with Crippen molar-refractivity contribution in [1.29, 1.82) is 0 Å². The number of ether oxygens (including phenoxy) is 2. The third-order valence-corrected chi connectivity index (χ3v) is 5.14. The summed E-state index contributed by atoms with van der Waals surface area (Å²) in [5, 5.41) is 5.60. The smallest absolute Gasteiger partial charge is 0.238 e. The summed E-state index contributed by atoms with van der Waals surface area (Å²) in [7, 11) is 1.72. The number of amides is 2. The Morgan fingerprint density at radius 1 is 1.23 bits per heavy atom.